The molecule has 2 aromatic carbocycles. The molecule has 0 aliphatic heterocycles. The zero-order valence-corrected chi connectivity index (χ0v) is 22.8. The molecule has 0 bridgehead atoms. The molecular formula is C27H39N3O5S. The molecule has 0 saturated carbocycles. The van der Waals surface area contributed by atoms with Gasteiger partial charge in [0.05, 0.1) is 19.1 Å². The Morgan fingerprint density at radius 2 is 1.64 bits per heavy atom. The van der Waals surface area contributed by atoms with Crippen molar-refractivity contribution in [2.45, 2.75) is 65.1 Å². The van der Waals surface area contributed by atoms with E-state index < -0.39 is 16.1 Å². The van der Waals surface area contributed by atoms with E-state index in [0.717, 1.165) is 18.2 Å². The standard InChI is InChI=1S/C27H39N3O5S/c1-6-21(3)28-27(32)25(7-2)29(20-22-15-17-24(35-4)18-16-22)26(31)14-11-19-30(36(5,33)34)23-12-9-8-10-13-23/h8-10,12-13,15-18,21,25H,6-7,11,14,19-20H2,1-5H3,(H,28,32)/t21-,25-/m0/s1. The van der Waals surface area contributed by atoms with Crippen molar-refractivity contribution in [2.75, 3.05) is 24.2 Å². The average molecular weight is 518 g/mol. The third-order valence-corrected chi connectivity index (χ3v) is 7.29. The Morgan fingerprint density at radius 3 is 2.17 bits per heavy atom. The molecule has 0 radical (unpaired) electrons. The number of rotatable bonds is 14. The number of para-hydroxylation sites is 1. The maximum Gasteiger partial charge on any atom is 0.243 e. The highest BCUT2D eigenvalue weighted by molar-refractivity contribution is 7.92. The smallest absolute Gasteiger partial charge is 0.243 e. The van der Waals surface area contributed by atoms with Crippen LogP contribution in [-0.2, 0) is 26.2 Å². The lowest BCUT2D eigenvalue weighted by atomic mass is 10.1. The molecule has 9 heteroatoms. The third-order valence-electron chi connectivity index (χ3n) is 6.10. The molecule has 198 valence electrons. The molecule has 2 aromatic rings. The van der Waals surface area contributed by atoms with Crippen molar-refractivity contribution in [3.8, 4) is 5.75 Å². The molecule has 0 aromatic heterocycles. The lowest BCUT2D eigenvalue weighted by molar-refractivity contribution is -0.141. The van der Waals surface area contributed by atoms with Crippen LogP contribution in [0.25, 0.3) is 0 Å². The summed E-state index contributed by atoms with van der Waals surface area (Å²) < 4.78 is 31.3. The van der Waals surface area contributed by atoms with Crippen LogP contribution in [0, 0.1) is 0 Å². The first-order valence-corrected chi connectivity index (χ1v) is 14.2. The fourth-order valence-corrected chi connectivity index (χ4v) is 4.85. The lowest BCUT2D eigenvalue weighted by Gasteiger charge is -2.32. The fourth-order valence-electron chi connectivity index (χ4n) is 3.89. The molecular weight excluding hydrogens is 478 g/mol. The summed E-state index contributed by atoms with van der Waals surface area (Å²) in [4.78, 5) is 28.1. The molecule has 0 aliphatic rings. The van der Waals surface area contributed by atoms with Gasteiger partial charge in [-0.2, -0.15) is 0 Å². The number of methoxy groups -OCH3 is 1. The van der Waals surface area contributed by atoms with E-state index in [1.54, 1.807) is 36.3 Å². The molecule has 0 aliphatic carbocycles. The van der Waals surface area contributed by atoms with E-state index in [2.05, 4.69) is 5.32 Å². The van der Waals surface area contributed by atoms with E-state index in [4.69, 9.17) is 4.74 Å². The SMILES string of the molecule is CC[C@H](C)NC(=O)[C@H](CC)N(Cc1ccc(OC)cc1)C(=O)CCCN(c1ccccc1)S(C)(=O)=O. The van der Waals surface area contributed by atoms with Crippen LogP contribution in [0.4, 0.5) is 5.69 Å². The highest BCUT2D eigenvalue weighted by atomic mass is 32.2. The number of carbonyl (C=O) groups excluding carboxylic acids is 2. The number of sulfonamides is 1. The Hall–Kier alpha value is -3.07. The first kappa shape index (κ1) is 29.2. The Balaban J connectivity index is 2.21. The van der Waals surface area contributed by atoms with Crippen LogP contribution in [0.1, 0.15) is 52.0 Å². The minimum Gasteiger partial charge on any atom is -0.497 e. The van der Waals surface area contributed by atoms with Crippen LogP contribution in [0.3, 0.4) is 0 Å². The maximum atomic E-state index is 13.5. The summed E-state index contributed by atoms with van der Waals surface area (Å²) in [5.74, 6) is 0.328. The lowest BCUT2D eigenvalue weighted by Crippen LogP contribution is -2.50. The number of hydrogen-bond acceptors (Lipinski definition) is 5. The van der Waals surface area contributed by atoms with Crippen LogP contribution in [0.15, 0.2) is 54.6 Å². The molecule has 0 heterocycles. The van der Waals surface area contributed by atoms with Gasteiger partial charge in [-0.05, 0) is 56.0 Å². The van der Waals surface area contributed by atoms with Gasteiger partial charge in [-0.1, -0.05) is 44.2 Å². The monoisotopic (exact) mass is 517 g/mol. The predicted molar refractivity (Wildman–Crippen MR) is 143 cm³/mol. The predicted octanol–water partition coefficient (Wildman–Crippen LogP) is 3.96. The maximum absolute atomic E-state index is 13.5. The molecule has 8 nitrogen and oxygen atoms in total. The summed E-state index contributed by atoms with van der Waals surface area (Å²) in [5.41, 5.74) is 1.43. The second kappa shape index (κ2) is 13.9. The van der Waals surface area contributed by atoms with Gasteiger partial charge in [-0.3, -0.25) is 13.9 Å². The summed E-state index contributed by atoms with van der Waals surface area (Å²) in [6.45, 7) is 6.25. The van der Waals surface area contributed by atoms with E-state index in [0.29, 0.717) is 24.3 Å². The molecule has 0 spiro atoms. The molecule has 0 saturated heterocycles. The highest BCUT2D eigenvalue weighted by Gasteiger charge is 2.29. The molecule has 36 heavy (non-hydrogen) atoms. The van der Waals surface area contributed by atoms with Crippen molar-refractivity contribution in [3.63, 3.8) is 0 Å². The zero-order valence-electron chi connectivity index (χ0n) is 21.9. The second-order valence-corrected chi connectivity index (χ2v) is 10.8. The fraction of sp³-hybridized carbons (Fsp3) is 0.481. The van der Waals surface area contributed by atoms with Crippen molar-refractivity contribution in [1.82, 2.24) is 10.2 Å². The second-order valence-electron chi connectivity index (χ2n) is 8.89. The Bertz CT molecular complexity index is 1070. The third kappa shape index (κ3) is 8.55. The number of ether oxygens (including phenoxy) is 1. The number of benzene rings is 2. The van der Waals surface area contributed by atoms with Crippen molar-refractivity contribution < 1.29 is 22.7 Å². The molecule has 1 N–H and O–H groups in total. The Labute approximate surface area is 215 Å². The normalized spacial score (nSPS) is 12.9. The average Bonchev–Trinajstić information content (AvgIpc) is 2.86. The zero-order chi connectivity index (χ0) is 26.7. The molecule has 2 atom stereocenters. The summed E-state index contributed by atoms with van der Waals surface area (Å²) in [7, 11) is -1.92. The van der Waals surface area contributed by atoms with Gasteiger partial charge in [-0.25, -0.2) is 8.42 Å². The van der Waals surface area contributed by atoms with Gasteiger partial charge in [0.1, 0.15) is 11.8 Å². The molecule has 0 unspecified atom stereocenters. The molecule has 0 fully saturated rings. The number of hydrogen-bond donors (Lipinski definition) is 1. The number of anilines is 1. The molecule has 2 amide bonds. The Morgan fingerprint density at radius 1 is 1.00 bits per heavy atom. The number of nitrogens with zero attached hydrogens (tertiary/aromatic N) is 2. The summed E-state index contributed by atoms with van der Waals surface area (Å²) >= 11 is 0. The minimum atomic E-state index is -3.51. The molecule has 2 rings (SSSR count). The van der Waals surface area contributed by atoms with E-state index in [1.165, 1.54) is 4.31 Å². The summed E-state index contributed by atoms with van der Waals surface area (Å²) in [6, 6.07) is 15.6. The number of amides is 2. The summed E-state index contributed by atoms with van der Waals surface area (Å²) in [6.07, 6.45) is 2.84. The van der Waals surface area contributed by atoms with E-state index in [9.17, 15) is 18.0 Å². The largest absolute Gasteiger partial charge is 0.497 e. The van der Waals surface area contributed by atoms with Crippen molar-refractivity contribution in [1.29, 1.82) is 0 Å². The number of carbonyl (C=O) groups is 2. The quantitative estimate of drug-likeness (QED) is 0.409. The summed E-state index contributed by atoms with van der Waals surface area (Å²) in [5, 5.41) is 3.00. The Kier molecular flexibility index (Phi) is 11.2. The first-order chi connectivity index (χ1) is 17.1. The van der Waals surface area contributed by atoms with Crippen molar-refractivity contribution in [3.05, 3.63) is 60.2 Å². The van der Waals surface area contributed by atoms with Gasteiger partial charge in [0, 0.05) is 25.6 Å². The van der Waals surface area contributed by atoms with Gasteiger partial charge in [0.25, 0.3) is 0 Å². The van der Waals surface area contributed by atoms with Gasteiger partial charge < -0.3 is 15.0 Å². The van der Waals surface area contributed by atoms with E-state index in [1.807, 2.05) is 51.1 Å². The van der Waals surface area contributed by atoms with Gasteiger partial charge >= 0.3 is 0 Å². The van der Waals surface area contributed by atoms with E-state index in [-0.39, 0.29) is 37.4 Å². The van der Waals surface area contributed by atoms with E-state index >= 15 is 0 Å². The van der Waals surface area contributed by atoms with Crippen LogP contribution in [0.2, 0.25) is 0 Å². The van der Waals surface area contributed by atoms with Crippen LogP contribution in [-0.4, -0.2) is 57.1 Å². The first-order valence-electron chi connectivity index (χ1n) is 12.4. The van der Waals surface area contributed by atoms with Crippen molar-refractivity contribution in [2.24, 2.45) is 0 Å². The van der Waals surface area contributed by atoms with Crippen LogP contribution >= 0.6 is 0 Å². The minimum absolute atomic E-state index is 0.00122. The number of nitrogens with one attached hydrogen (secondary N) is 1. The van der Waals surface area contributed by atoms with Crippen LogP contribution < -0.4 is 14.4 Å². The highest BCUT2D eigenvalue weighted by Crippen LogP contribution is 2.20. The van der Waals surface area contributed by atoms with Gasteiger partial charge in [-0.15, -0.1) is 0 Å². The van der Waals surface area contributed by atoms with Gasteiger partial charge in [0.2, 0.25) is 21.8 Å². The van der Waals surface area contributed by atoms with Gasteiger partial charge in [0.15, 0.2) is 0 Å². The topological polar surface area (TPSA) is 96.0 Å². The van der Waals surface area contributed by atoms with Crippen molar-refractivity contribution >= 4 is 27.5 Å². The van der Waals surface area contributed by atoms with Crippen LogP contribution in [0.5, 0.6) is 5.75 Å².